The van der Waals surface area contributed by atoms with Crippen molar-refractivity contribution >= 4 is 17.3 Å². The Balaban J connectivity index is 3.30. The molecule has 0 saturated carbocycles. The molecule has 1 N–H and O–H groups in total. The second-order valence-electron chi connectivity index (χ2n) is 2.57. The molecule has 0 aliphatic heterocycles. The lowest BCUT2D eigenvalue weighted by atomic mass is 10.2. The molecule has 14 heavy (non-hydrogen) atoms. The third-order valence-corrected chi connectivity index (χ3v) is 1.90. The summed E-state index contributed by atoms with van der Waals surface area (Å²) < 4.78 is 49.6. The van der Waals surface area contributed by atoms with Crippen LogP contribution in [0.25, 0.3) is 0 Å². The number of alkyl halides is 3. The Morgan fingerprint density at radius 2 is 1.86 bits per heavy atom. The normalized spacial score (nSPS) is 11.6. The standard InChI is InChI=1S/C8H6ClF4N/c1-14-6-3-4(8(11,12)13)2-5(9)7(6)10/h2-3,14H,1H3. The van der Waals surface area contributed by atoms with E-state index >= 15 is 0 Å². The van der Waals surface area contributed by atoms with E-state index in [1.54, 1.807) is 0 Å². The summed E-state index contributed by atoms with van der Waals surface area (Å²) >= 11 is 5.29. The van der Waals surface area contributed by atoms with Crippen molar-refractivity contribution in [3.05, 3.63) is 28.5 Å². The molecule has 0 aromatic heterocycles. The number of rotatable bonds is 1. The molecule has 0 saturated heterocycles. The van der Waals surface area contributed by atoms with Gasteiger partial charge in [-0.3, -0.25) is 0 Å². The summed E-state index contributed by atoms with van der Waals surface area (Å²) in [6, 6.07) is 1.22. The van der Waals surface area contributed by atoms with Gasteiger partial charge in [0.25, 0.3) is 0 Å². The highest BCUT2D eigenvalue weighted by Crippen LogP contribution is 2.34. The highest BCUT2D eigenvalue weighted by atomic mass is 35.5. The van der Waals surface area contributed by atoms with Gasteiger partial charge in [0.15, 0.2) is 5.82 Å². The van der Waals surface area contributed by atoms with Crippen LogP contribution in [0.5, 0.6) is 0 Å². The molecule has 78 valence electrons. The van der Waals surface area contributed by atoms with Crippen LogP contribution in [-0.4, -0.2) is 7.05 Å². The molecule has 0 heterocycles. The predicted octanol–water partition coefficient (Wildman–Crippen LogP) is 3.54. The Morgan fingerprint density at radius 1 is 1.29 bits per heavy atom. The topological polar surface area (TPSA) is 12.0 Å². The molecule has 0 bridgehead atoms. The van der Waals surface area contributed by atoms with Crippen molar-refractivity contribution in [2.45, 2.75) is 6.18 Å². The number of anilines is 1. The van der Waals surface area contributed by atoms with Crippen molar-refractivity contribution in [1.82, 2.24) is 0 Å². The minimum absolute atomic E-state index is 0.273. The van der Waals surface area contributed by atoms with Crippen LogP contribution in [0.1, 0.15) is 5.56 Å². The summed E-state index contributed by atoms with van der Waals surface area (Å²) in [6.07, 6.45) is -4.52. The summed E-state index contributed by atoms with van der Waals surface area (Å²) in [6.45, 7) is 0. The predicted molar refractivity (Wildman–Crippen MR) is 46.0 cm³/mol. The average Bonchev–Trinajstić information content (AvgIpc) is 2.07. The first-order valence-electron chi connectivity index (χ1n) is 3.60. The van der Waals surface area contributed by atoms with Crippen LogP contribution < -0.4 is 5.32 Å². The van der Waals surface area contributed by atoms with Crippen molar-refractivity contribution in [2.75, 3.05) is 12.4 Å². The van der Waals surface area contributed by atoms with Gasteiger partial charge in [-0.1, -0.05) is 11.6 Å². The highest BCUT2D eigenvalue weighted by Gasteiger charge is 2.32. The first-order chi connectivity index (χ1) is 6.36. The molecular weight excluding hydrogens is 222 g/mol. The Bertz CT molecular complexity index is 348. The van der Waals surface area contributed by atoms with E-state index in [9.17, 15) is 17.6 Å². The number of hydrogen-bond donors (Lipinski definition) is 1. The van der Waals surface area contributed by atoms with Crippen molar-refractivity contribution in [3.8, 4) is 0 Å². The third kappa shape index (κ3) is 2.09. The fourth-order valence-electron chi connectivity index (χ4n) is 0.935. The molecule has 1 nitrogen and oxygen atoms in total. The molecule has 1 aromatic rings. The van der Waals surface area contributed by atoms with Crippen LogP contribution in [0, 0.1) is 5.82 Å². The lowest BCUT2D eigenvalue weighted by molar-refractivity contribution is -0.137. The van der Waals surface area contributed by atoms with Crippen LogP contribution in [-0.2, 0) is 6.18 Å². The Labute approximate surface area is 82.7 Å². The van der Waals surface area contributed by atoms with E-state index in [0.29, 0.717) is 12.1 Å². The Kier molecular flexibility index (Phi) is 2.89. The molecule has 0 fully saturated rings. The van der Waals surface area contributed by atoms with Gasteiger partial charge in [0.1, 0.15) is 0 Å². The molecule has 0 atom stereocenters. The second-order valence-corrected chi connectivity index (χ2v) is 2.97. The van der Waals surface area contributed by atoms with Crippen LogP contribution in [0.3, 0.4) is 0 Å². The highest BCUT2D eigenvalue weighted by molar-refractivity contribution is 6.31. The SMILES string of the molecule is CNc1cc(C(F)(F)F)cc(Cl)c1F. The van der Waals surface area contributed by atoms with Crippen LogP contribution in [0.15, 0.2) is 12.1 Å². The maximum atomic E-state index is 13.0. The zero-order chi connectivity index (χ0) is 10.9. The van der Waals surface area contributed by atoms with Gasteiger partial charge < -0.3 is 5.32 Å². The smallest absolute Gasteiger partial charge is 0.386 e. The van der Waals surface area contributed by atoms with E-state index in [1.165, 1.54) is 7.05 Å². The van der Waals surface area contributed by atoms with Gasteiger partial charge in [-0.2, -0.15) is 13.2 Å². The van der Waals surface area contributed by atoms with Gasteiger partial charge in [0.2, 0.25) is 0 Å². The Morgan fingerprint density at radius 3 is 2.29 bits per heavy atom. The number of nitrogens with one attached hydrogen (secondary N) is 1. The van der Waals surface area contributed by atoms with Crippen LogP contribution in [0.4, 0.5) is 23.2 Å². The average molecular weight is 228 g/mol. The lowest BCUT2D eigenvalue weighted by Crippen LogP contribution is -2.07. The Hall–Kier alpha value is -0.970. The van der Waals surface area contributed by atoms with Crippen molar-refractivity contribution < 1.29 is 17.6 Å². The molecule has 0 aliphatic carbocycles. The van der Waals surface area contributed by atoms with E-state index in [0.717, 1.165) is 0 Å². The first kappa shape index (κ1) is 11.1. The summed E-state index contributed by atoms with van der Waals surface area (Å²) in [5, 5.41) is 1.74. The number of hydrogen-bond acceptors (Lipinski definition) is 1. The fourth-order valence-corrected chi connectivity index (χ4v) is 1.15. The van der Waals surface area contributed by atoms with Gasteiger partial charge in [-0.05, 0) is 12.1 Å². The molecule has 0 radical (unpaired) electrons. The van der Waals surface area contributed by atoms with Crippen molar-refractivity contribution in [2.24, 2.45) is 0 Å². The molecule has 0 aliphatic rings. The van der Waals surface area contributed by atoms with Gasteiger partial charge in [-0.15, -0.1) is 0 Å². The summed E-state index contributed by atoms with van der Waals surface area (Å²) in [4.78, 5) is 0. The third-order valence-electron chi connectivity index (χ3n) is 1.62. The zero-order valence-electron chi connectivity index (χ0n) is 7.04. The molecule has 0 amide bonds. The zero-order valence-corrected chi connectivity index (χ0v) is 7.80. The first-order valence-corrected chi connectivity index (χ1v) is 3.98. The van der Waals surface area contributed by atoms with Crippen LogP contribution in [0.2, 0.25) is 5.02 Å². The van der Waals surface area contributed by atoms with Gasteiger partial charge in [0.05, 0.1) is 16.3 Å². The van der Waals surface area contributed by atoms with E-state index in [4.69, 9.17) is 11.6 Å². The second kappa shape index (κ2) is 3.65. The van der Waals surface area contributed by atoms with Crippen molar-refractivity contribution in [1.29, 1.82) is 0 Å². The quantitative estimate of drug-likeness (QED) is 0.724. The van der Waals surface area contributed by atoms with E-state index < -0.39 is 22.6 Å². The fraction of sp³-hybridized carbons (Fsp3) is 0.250. The summed E-state index contributed by atoms with van der Waals surface area (Å²) in [5.41, 5.74) is -1.25. The van der Waals surface area contributed by atoms with Gasteiger partial charge in [-0.25, -0.2) is 4.39 Å². The van der Waals surface area contributed by atoms with Gasteiger partial charge >= 0.3 is 6.18 Å². The number of halogens is 5. The summed E-state index contributed by atoms with van der Waals surface area (Å²) in [5.74, 6) is -0.887. The minimum Gasteiger partial charge on any atom is -0.386 e. The van der Waals surface area contributed by atoms with E-state index in [2.05, 4.69) is 5.32 Å². The minimum atomic E-state index is -4.52. The lowest BCUT2D eigenvalue weighted by Gasteiger charge is -2.10. The van der Waals surface area contributed by atoms with Gasteiger partial charge in [0, 0.05) is 7.05 Å². The molecule has 0 unspecified atom stereocenters. The largest absolute Gasteiger partial charge is 0.416 e. The van der Waals surface area contributed by atoms with E-state index in [-0.39, 0.29) is 5.69 Å². The molecule has 0 spiro atoms. The maximum Gasteiger partial charge on any atom is 0.416 e. The molecule has 6 heteroatoms. The monoisotopic (exact) mass is 227 g/mol. The molecular formula is C8H6ClF4N. The van der Waals surface area contributed by atoms with Crippen LogP contribution >= 0.6 is 11.6 Å². The molecule has 1 aromatic carbocycles. The maximum absolute atomic E-state index is 13.0. The summed E-state index contributed by atoms with van der Waals surface area (Å²) in [7, 11) is 1.31. The van der Waals surface area contributed by atoms with E-state index in [1.807, 2.05) is 0 Å². The number of benzene rings is 1. The van der Waals surface area contributed by atoms with Crippen molar-refractivity contribution in [3.63, 3.8) is 0 Å². The molecule has 1 rings (SSSR count).